The fraction of sp³-hybridized carbons (Fsp3) is 0.500. The molecule has 1 aromatic carbocycles. The molecule has 4 nitrogen and oxygen atoms in total. The summed E-state index contributed by atoms with van der Waals surface area (Å²) in [5, 5.41) is 12.4. The zero-order chi connectivity index (χ0) is 15.3. The van der Waals surface area contributed by atoms with E-state index in [1.165, 1.54) is 23.1 Å². The van der Waals surface area contributed by atoms with E-state index in [0.717, 1.165) is 18.9 Å². The summed E-state index contributed by atoms with van der Waals surface area (Å²) in [6.45, 7) is 0.357. The highest BCUT2D eigenvalue weighted by atomic mass is 19.4. The van der Waals surface area contributed by atoms with Gasteiger partial charge in [0, 0.05) is 0 Å². The van der Waals surface area contributed by atoms with E-state index in [1.807, 2.05) is 0 Å². The van der Waals surface area contributed by atoms with Crippen LogP contribution in [0.4, 0.5) is 23.7 Å². The number of nitrogens with one attached hydrogen (secondary N) is 1. The molecular formula is C14H15F3N2O2. The van der Waals surface area contributed by atoms with Gasteiger partial charge < -0.3 is 15.3 Å². The lowest BCUT2D eigenvalue weighted by Crippen LogP contribution is -2.65. The molecular weight excluding hydrogens is 285 g/mol. The molecule has 0 bridgehead atoms. The third kappa shape index (κ3) is 2.70. The minimum absolute atomic E-state index is 0.178. The molecule has 2 aliphatic rings. The number of rotatable bonds is 2. The molecule has 2 amide bonds. The van der Waals surface area contributed by atoms with E-state index in [2.05, 4.69) is 5.32 Å². The number of hydrogen-bond acceptors (Lipinski definition) is 2. The number of anilines is 1. The third-order valence-electron chi connectivity index (χ3n) is 4.03. The number of urea groups is 1. The number of halogens is 3. The lowest BCUT2D eigenvalue weighted by molar-refractivity contribution is -0.137. The molecule has 0 spiro atoms. The largest absolute Gasteiger partial charge is 0.418 e. The van der Waals surface area contributed by atoms with Crippen LogP contribution in [0.15, 0.2) is 24.3 Å². The number of para-hydroxylation sites is 1. The summed E-state index contributed by atoms with van der Waals surface area (Å²) in [6, 6.07) is 4.23. The SMILES string of the molecule is O=C(Nc1ccccc1C(F)(F)F)N1CC(O)(C2CC2)C1. The van der Waals surface area contributed by atoms with Crippen LogP contribution < -0.4 is 5.32 Å². The van der Waals surface area contributed by atoms with Crippen molar-refractivity contribution in [3.05, 3.63) is 29.8 Å². The predicted molar refractivity (Wildman–Crippen MR) is 69.7 cm³/mol. The first-order chi connectivity index (χ1) is 9.79. The molecule has 0 unspecified atom stereocenters. The number of amides is 2. The highest BCUT2D eigenvalue weighted by molar-refractivity contribution is 5.91. The summed E-state index contributed by atoms with van der Waals surface area (Å²) in [5.41, 5.74) is -1.99. The summed E-state index contributed by atoms with van der Waals surface area (Å²) < 4.78 is 38.5. The molecule has 1 saturated carbocycles. The number of β-amino-alcohol motifs (C(OH)–C–C–N with tert-alkyl or cyclic N) is 1. The normalized spacial score (nSPS) is 20.9. The van der Waals surface area contributed by atoms with Gasteiger partial charge in [-0.1, -0.05) is 12.1 Å². The van der Waals surface area contributed by atoms with Crippen molar-refractivity contribution >= 4 is 11.7 Å². The Labute approximate surface area is 119 Å². The standard InChI is InChI=1S/C14H15F3N2O2/c15-14(16,17)10-3-1-2-4-11(10)18-12(20)19-7-13(21,8-19)9-5-6-9/h1-4,9,21H,5-8H2,(H,18,20). The van der Waals surface area contributed by atoms with E-state index >= 15 is 0 Å². The molecule has 0 atom stereocenters. The molecule has 1 aromatic rings. The van der Waals surface area contributed by atoms with Crippen molar-refractivity contribution in [2.24, 2.45) is 5.92 Å². The quantitative estimate of drug-likeness (QED) is 0.882. The summed E-state index contributed by atoms with van der Waals surface area (Å²) in [7, 11) is 0. The summed E-state index contributed by atoms with van der Waals surface area (Å²) in [4.78, 5) is 13.3. The minimum Gasteiger partial charge on any atom is -0.386 e. The van der Waals surface area contributed by atoms with Gasteiger partial charge in [-0.05, 0) is 30.9 Å². The monoisotopic (exact) mass is 300 g/mol. The third-order valence-corrected chi connectivity index (χ3v) is 4.03. The maximum absolute atomic E-state index is 12.8. The zero-order valence-electron chi connectivity index (χ0n) is 11.2. The van der Waals surface area contributed by atoms with Gasteiger partial charge >= 0.3 is 12.2 Å². The van der Waals surface area contributed by atoms with Crippen LogP contribution >= 0.6 is 0 Å². The van der Waals surface area contributed by atoms with Gasteiger partial charge in [-0.15, -0.1) is 0 Å². The summed E-state index contributed by atoms with van der Waals surface area (Å²) >= 11 is 0. The van der Waals surface area contributed by atoms with Crippen molar-refractivity contribution in [2.75, 3.05) is 18.4 Å². The average molecular weight is 300 g/mol. The van der Waals surface area contributed by atoms with Crippen LogP contribution in [0.2, 0.25) is 0 Å². The Balaban J connectivity index is 1.66. The molecule has 1 saturated heterocycles. The summed E-state index contributed by atoms with van der Waals surface area (Å²) in [5.74, 6) is 0.226. The Bertz CT molecular complexity index is 564. The fourth-order valence-corrected chi connectivity index (χ4v) is 2.67. The van der Waals surface area contributed by atoms with Crippen LogP contribution in [0.1, 0.15) is 18.4 Å². The number of likely N-dealkylation sites (tertiary alicyclic amines) is 1. The molecule has 7 heteroatoms. The van der Waals surface area contributed by atoms with E-state index in [0.29, 0.717) is 0 Å². The van der Waals surface area contributed by atoms with Crippen LogP contribution in [0.3, 0.4) is 0 Å². The number of carbonyl (C=O) groups excluding carboxylic acids is 1. The number of nitrogens with zero attached hydrogens (tertiary/aromatic N) is 1. The van der Waals surface area contributed by atoms with Crippen molar-refractivity contribution in [3.63, 3.8) is 0 Å². The Morgan fingerprint density at radius 3 is 2.48 bits per heavy atom. The Hall–Kier alpha value is -1.76. The Morgan fingerprint density at radius 2 is 1.90 bits per heavy atom. The average Bonchev–Trinajstić information content (AvgIpc) is 3.18. The molecule has 2 N–H and O–H groups in total. The first-order valence-corrected chi connectivity index (χ1v) is 6.74. The van der Waals surface area contributed by atoms with E-state index in [9.17, 15) is 23.1 Å². The van der Waals surface area contributed by atoms with Crippen molar-refractivity contribution < 1.29 is 23.1 Å². The van der Waals surface area contributed by atoms with E-state index < -0.39 is 23.4 Å². The number of hydrogen-bond donors (Lipinski definition) is 2. The second-order valence-electron chi connectivity index (χ2n) is 5.71. The Morgan fingerprint density at radius 1 is 1.29 bits per heavy atom. The van der Waals surface area contributed by atoms with Gasteiger partial charge in [0.15, 0.2) is 0 Å². The van der Waals surface area contributed by atoms with Crippen LogP contribution in [0.5, 0.6) is 0 Å². The smallest absolute Gasteiger partial charge is 0.386 e. The zero-order valence-corrected chi connectivity index (χ0v) is 11.2. The van der Waals surface area contributed by atoms with E-state index in [4.69, 9.17) is 0 Å². The molecule has 1 aliphatic carbocycles. The fourth-order valence-electron chi connectivity index (χ4n) is 2.67. The highest BCUT2D eigenvalue weighted by Gasteiger charge is 2.53. The van der Waals surface area contributed by atoms with Crippen molar-refractivity contribution in [2.45, 2.75) is 24.6 Å². The number of carbonyl (C=O) groups is 1. The minimum atomic E-state index is -4.52. The van der Waals surface area contributed by atoms with Crippen LogP contribution in [-0.4, -0.2) is 34.7 Å². The van der Waals surface area contributed by atoms with Gasteiger partial charge in [-0.2, -0.15) is 13.2 Å². The highest BCUT2D eigenvalue weighted by Crippen LogP contribution is 2.44. The number of benzene rings is 1. The van der Waals surface area contributed by atoms with E-state index in [-0.39, 0.29) is 24.7 Å². The first kappa shape index (κ1) is 14.2. The van der Waals surface area contributed by atoms with Crippen molar-refractivity contribution in [1.29, 1.82) is 0 Å². The first-order valence-electron chi connectivity index (χ1n) is 6.74. The van der Waals surface area contributed by atoms with Gasteiger partial charge in [0.25, 0.3) is 0 Å². The lowest BCUT2D eigenvalue weighted by Gasteiger charge is -2.46. The second kappa shape index (κ2) is 4.62. The molecule has 2 fully saturated rings. The maximum atomic E-state index is 12.8. The second-order valence-corrected chi connectivity index (χ2v) is 5.71. The molecule has 0 aromatic heterocycles. The van der Waals surface area contributed by atoms with Gasteiger partial charge in [0.05, 0.1) is 24.3 Å². The topological polar surface area (TPSA) is 52.6 Å². The van der Waals surface area contributed by atoms with Gasteiger partial charge in [0.1, 0.15) is 5.60 Å². The van der Waals surface area contributed by atoms with Gasteiger partial charge in [-0.25, -0.2) is 4.79 Å². The molecule has 1 heterocycles. The number of alkyl halides is 3. The van der Waals surface area contributed by atoms with Crippen molar-refractivity contribution in [3.8, 4) is 0 Å². The molecule has 0 radical (unpaired) electrons. The molecule has 114 valence electrons. The lowest BCUT2D eigenvalue weighted by atomic mass is 9.89. The Kier molecular flexibility index (Phi) is 3.12. The van der Waals surface area contributed by atoms with Crippen molar-refractivity contribution in [1.82, 2.24) is 4.90 Å². The molecule has 3 rings (SSSR count). The predicted octanol–water partition coefficient (Wildman–Crippen LogP) is 2.69. The number of aliphatic hydroxyl groups is 1. The van der Waals surface area contributed by atoms with E-state index in [1.54, 1.807) is 0 Å². The van der Waals surface area contributed by atoms with Crippen LogP contribution in [-0.2, 0) is 6.18 Å². The maximum Gasteiger partial charge on any atom is 0.418 e. The summed E-state index contributed by atoms with van der Waals surface area (Å²) in [6.07, 6.45) is -2.63. The van der Waals surface area contributed by atoms with Crippen LogP contribution in [0, 0.1) is 5.92 Å². The molecule has 1 aliphatic heterocycles. The molecule has 21 heavy (non-hydrogen) atoms. The van der Waals surface area contributed by atoms with Crippen LogP contribution in [0.25, 0.3) is 0 Å². The van der Waals surface area contributed by atoms with Gasteiger partial charge in [-0.3, -0.25) is 0 Å². The van der Waals surface area contributed by atoms with Gasteiger partial charge in [0.2, 0.25) is 0 Å².